The lowest BCUT2D eigenvalue weighted by molar-refractivity contribution is -0.132. The molecule has 110 valence electrons. The maximum absolute atomic E-state index is 11.8. The van der Waals surface area contributed by atoms with E-state index in [-0.39, 0.29) is 18.4 Å². The Labute approximate surface area is 120 Å². The number of aromatic nitrogens is 4. The summed E-state index contributed by atoms with van der Waals surface area (Å²) >= 11 is 0. The fourth-order valence-corrected chi connectivity index (χ4v) is 2.25. The number of aromatic amines is 1. The number of piperazine rings is 1. The van der Waals surface area contributed by atoms with Gasteiger partial charge < -0.3 is 10.2 Å². The van der Waals surface area contributed by atoms with Crippen LogP contribution in [0.5, 0.6) is 0 Å². The molecule has 0 radical (unpaired) electrons. The van der Waals surface area contributed by atoms with Gasteiger partial charge >= 0.3 is 0 Å². The molecule has 3 rings (SSSR count). The summed E-state index contributed by atoms with van der Waals surface area (Å²) in [7, 11) is 0. The first-order valence-corrected chi connectivity index (χ1v) is 6.65. The standard InChI is InChI=1S/C12H15N7O2/c1-3-13-12-16-9-7(4-14-18-9)10(17-12)19-5-8(20)15-11(21)6(19)2/h4,6H,3,5H2,1-2H3,(H,15,20,21)(H2,13,14,16,17,18). The van der Waals surface area contributed by atoms with Crippen LogP contribution in [0.2, 0.25) is 0 Å². The van der Waals surface area contributed by atoms with Crippen molar-refractivity contribution in [1.82, 2.24) is 25.5 Å². The number of anilines is 2. The molecule has 9 heteroatoms. The molecular formula is C12H15N7O2. The summed E-state index contributed by atoms with van der Waals surface area (Å²) in [5.41, 5.74) is 0.557. The van der Waals surface area contributed by atoms with Gasteiger partial charge in [0.05, 0.1) is 18.1 Å². The first-order valence-electron chi connectivity index (χ1n) is 6.65. The van der Waals surface area contributed by atoms with E-state index in [0.29, 0.717) is 29.3 Å². The fourth-order valence-electron chi connectivity index (χ4n) is 2.25. The van der Waals surface area contributed by atoms with E-state index >= 15 is 0 Å². The maximum Gasteiger partial charge on any atom is 0.249 e. The zero-order chi connectivity index (χ0) is 15.0. The van der Waals surface area contributed by atoms with Crippen LogP contribution in [0.25, 0.3) is 11.0 Å². The van der Waals surface area contributed by atoms with Gasteiger partial charge in [0.2, 0.25) is 17.8 Å². The first-order chi connectivity index (χ1) is 10.1. The summed E-state index contributed by atoms with van der Waals surface area (Å²) in [4.78, 5) is 33.8. The Morgan fingerprint density at radius 3 is 3.00 bits per heavy atom. The SMILES string of the molecule is CCNc1nc(N2CC(=O)NC(=O)C2C)c2cn[nH]c2n1. The Hall–Kier alpha value is -2.71. The number of carbonyl (C=O) groups is 2. The lowest BCUT2D eigenvalue weighted by atomic mass is 10.2. The van der Waals surface area contributed by atoms with Crippen molar-refractivity contribution >= 4 is 34.6 Å². The van der Waals surface area contributed by atoms with Crippen molar-refractivity contribution in [1.29, 1.82) is 0 Å². The van der Waals surface area contributed by atoms with E-state index in [9.17, 15) is 9.59 Å². The van der Waals surface area contributed by atoms with Gasteiger partial charge in [0.1, 0.15) is 11.9 Å². The molecule has 0 saturated carbocycles. The van der Waals surface area contributed by atoms with E-state index in [0.717, 1.165) is 0 Å². The molecule has 1 fully saturated rings. The summed E-state index contributed by atoms with van der Waals surface area (Å²) in [5, 5.41) is 12.7. The molecular weight excluding hydrogens is 274 g/mol. The van der Waals surface area contributed by atoms with Crippen LogP contribution in [-0.4, -0.2) is 51.1 Å². The van der Waals surface area contributed by atoms with E-state index in [4.69, 9.17) is 0 Å². The van der Waals surface area contributed by atoms with Crippen molar-refractivity contribution in [3.63, 3.8) is 0 Å². The van der Waals surface area contributed by atoms with Crippen LogP contribution in [0.4, 0.5) is 11.8 Å². The van der Waals surface area contributed by atoms with E-state index in [1.165, 1.54) is 0 Å². The molecule has 1 unspecified atom stereocenters. The highest BCUT2D eigenvalue weighted by atomic mass is 16.2. The molecule has 2 aromatic heterocycles. The lowest BCUT2D eigenvalue weighted by Gasteiger charge is -2.32. The first kappa shape index (κ1) is 13.3. The van der Waals surface area contributed by atoms with E-state index in [2.05, 4.69) is 30.8 Å². The van der Waals surface area contributed by atoms with Crippen molar-refractivity contribution in [2.75, 3.05) is 23.3 Å². The Balaban J connectivity index is 2.11. The maximum atomic E-state index is 11.8. The topological polar surface area (TPSA) is 116 Å². The Morgan fingerprint density at radius 2 is 2.24 bits per heavy atom. The lowest BCUT2D eigenvalue weighted by Crippen LogP contribution is -2.57. The molecule has 2 aromatic rings. The van der Waals surface area contributed by atoms with Crippen molar-refractivity contribution in [2.45, 2.75) is 19.9 Å². The van der Waals surface area contributed by atoms with Crippen molar-refractivity contribution in [3.05, 3.63) is 6.20 Å². The zero-order valence-corrected chi connectivity index (χ0v) is 11.7. The molecule has 1 aliphatic rings. The molecule has 0 aliphatic carbocycles. The smallest absolute Gasteiger partial charge is 0.249 e. The largest absolute Gasteiger partial charge is 0.354 e. The van der Waals surface area contributed by atoms with Crippen LogP contribution in [0, 0.1) is 0 Å². The molecule has 0 spiro atoms. The number of nitrogens with one attached hydrogen (secondary N) is 3. The van der Waals surface area contributed by atoms with Gasteiger partial charge in [0, 0.05) is 6.54 Å². The number of imide groups is 1. The molecule has 21 heavy (non-hydrogen) atoms. The molecule has 3 heterocycles. The zero-order valence-electron chi connectivity index (χ0n) is 11.7. The van der Waals surface area contributed by atoms with Crippen molar-refractivity contribution in [2.24, 2.45) is 0 Å². The van der Waals surface area contributed by atoms with Gasteiger partial charge in [-0.3, -0.25) is 20.0 Å². The number of hydrogen-bond acceptors (Lipinski definition) is 7. The fraction of sp³-hybridized carbons (Fsp3) is 0.417. The number of nitrogens with zero attached hydrogens (tertiary/aromatic N) is 4. The minimum Gasteiger partial charge on any atom is -0.354 e. The molecule has 1 atom stereocenters. The van der Waals surface area contributed by atoms with E-state index in [1.54, 1.807) is 18.0 Å². The van der Waals surface area contributed by atoms with Crippen LogP contribution in [0.3, 0.4) is 0 Å². The average Bonchev–Trinajstić information content (AvgIpc) is 2.90. The summed E-state index contributed by atoms with van der Waals surface area (Å²) in [5.74, 6) is 0.250. The second kappa shape index (κ2) is 5.00. The number of H-pyrrole nitrogens is 1. The van der Waals surface area contributed by atoms with Crippen LogP contribution < -0.4 is 15.5 Å². The Bertz CT molecular complexity index is 711. The second-order valence-electron chi connectivity index (χ2n) is 4.75. The number of carbonyl (C=O) groups excluding carboxylic acids is 2. The Morgan fingerprint density at radius 1 is 1.43 bits per heavy atom. The van der Waals surface area contributed by atoms with Crippen molar-refractivity contribution < 1.29 is 9.59 Å². The highest BCUT2D eigenvalue weighted by Gasteiger charge is 2.32. The quantitative estimate of drug-likeness (QED) is 0.660. The van der Waals surface area contributed by atoms with Crippen LogP contribution in [0.15, 0.2) is 6.20 Å². The van der Waals surface area contributed by atoms with Gasteiger partial charge in [-0.1, -0.05) is 0 Å². The highest BCUT2D eigenvalue weighted by molar-refractivity contribution is 6.05. The summed E-state index contributed by atoms with van der Waals surface area (Å²) < 4.78 is 0. The highest BCUT2D eigenvalue weighted by Crippen LogP contribution is 2.26. The predicted molar refractivity (Wildman–Crippen MR) is 75.8 cm³/mol. The summed E-state index contributed by atoms with van der Waals surface area (Å²) in [6.45, 7) is 4.38. The molecule has 2 amide bonds. The van der Waals surface area contributed by atoms with E-state index in [1.807, 2.05) is 6.92 Å². The molecule has 1 saturated heterocycles. The van der Waals surface area contributed by atoms with Gasteiger partial charge in [-0.15, -0.1) is 0 Å². The third kappa shape index (κ3) is 2.26. The van der Waals surface area contributed by atoms with E-state index < -0.39 is 6.04 Å². The monoisotopic (exact) mass is 289 g/mol. The predicted octanol–water partition coefficient (Wildman–Crippen LogP) is -0.364. The molecule has 0 aromatic carbocycles. The average molecular weight is 289 g/mol. The van der Waals surface area contributed by atoms with Crippen LogP contribution >= 0.6 is 0 Å². The summed E-state index contributed by atoms with van der Waals surface area (Å²) in [6.07, 6.45) is 1.59. The molecule has 9 nitrogen and oxygen atoms in total. The third-order valence-corrected chi connectivity index (χ3v) is 3.32. The van der Waals surface area contributed by atoms with Gasteiger partial charge in [0.25, 0.3) is 0 Å². The second-order valence-corrected chi connectivity index (χ2v) is 4.75. The number of hydrogen-bond donors (Lipinski definition) is 3. The van der Waals surface area contributed by atoms with Gasteiger partial charge in [-0.2, -0.15) is 15.1 Å². The number of amides is 2. The van der Waals surface area contributed by atoms with Gasteiger partial charge in [-0.05, 0) is 13.8 Å². The minimum absolute atomic E-state index is 0.0652. The van der Waals surface area contributed by atoms with Gasteiger partial charge in [-0.25, -0.2) is 0 Å². The van der Waals surface area contributed by atoms with Crippen LogP contribution in [-0.2, 0) is 9.59 Å². The molecule has 3 N–H and O–H groups in total. The Kier molecular flexibility index (Phi) is 3.16. The molecule has 0 bridgehead atoms. The minimum atomic E-state index is -0.495. The number of rotatable bonds is 3. The normalized spacial score (nSPS) is 19.0. The summed E-state index contributed by atoms with van der Waals surface area (Å²) in [6, 6.07) is -0.495. The third-order valence-electron chi connectivity index (χ3n) is 3.32. The molecule has 1 aliphatic heterocycles. The van der Waals surface area contributed by atoms with Crippen LogP contribution in [0.1, 0.15) is 13.8 Å². The van der Waals surface area contributed by atoms with Gasteiger partial charge in [0.15, 0.2) is 5.65 Å². The van der Waals surface area contributed by atoms with Crippen molar-refractivity contribution in [3.8, 4) is 0 Å². The number of fused-ring (bicyclic) bond motifs is 1.